The Morgan fingerprint density at radius 1 is 1.04 bits per heavy atom. The Morgan fingerprint density at radius 3 is 2.54 bits per heavy atom. The summed E-state index contributed by atoms with van der Waals surface area (Å²) in [7, 11) is 0. The van der Waals surface area contributed by atoms with Crippen molar-refractivity contribution in [2.24, 2.45) is 0 Å². The minimum absolute atomic E-state index is 0.286. The number of hydrogen-bond donors (Lipinski definition) is 2. The molecule has 0 saturated carbocycles. The van der Waals surface area contributed by atoms with Gasteiger partial charge >= 0.3 is 6.03 Å². The molecule has 0 atom stereocenters. The molecule has 0 aliphatic carbocycles. The fourth-order valence-corrected chi connectivity index (χ4v) is 3.12. The van der Waals surface area contributed by atoms with Crippen LogP contribution in [-0.4, -0.2) is 16.0 Å². The lowest BCUT2D eigenvalue weighted by Gasteiger charge is -2.07. The van der Waals surface area contributed by atoms with Gasteiger partial charge in [0.2, 0.25) is 5.89 Å². The van der Waals surface area contributed by atoms with Gasteiger partial charge < -0.3 is 15.1 Å². The molecule has 0 aliphatic rings. The monoisotopic (exact) mass is 372 g/mol. The third-order valence-electron chi connectivity index (χ3n) is 4.54. The lowest BCUT2D eigenvalue weighted by atomic mass is 10.0. The van der Waals surface area contributed by atoms with Crippen molar-refractivity contribution >= 4 is 22.8 Å². The highest BCUT2D eigenvalue weighted by Crippen LogP contribution is 2.30. The summed E-state index contributed by atoms with van der Waals surface area (Å²) < 4.78 is 5.98. The molecule has 4 aromatic rings. The van der Waals surface area contributed by atoms with Crippen LogP contribution < -0.4 is 10.6 Å². The summed E-state index contributed by atoms with van der Waals surface area (Å²) in [5.74, 6) is 0.588. The van der Waals surface area contributed by atoms with Crippen molar-refractivity contribution in [3.63, 3.8) is 0 Å². The highest BCUT2D eigenvalue weighted by Gasteiger charge is 2.13. The number of benzene rings is 2. The van der Waals surface area contributed by atoms with Crippen LogP contribution in [0.5, 0.6) is 0 Å². The third-order valence-corrected chi connectivity index (χ3v) is 4.54. The molecular formula is C22H20N4O2. The van der Waals surface area contributed by atoms with Crippen molar-refractivity contribution in [3.8, 4) is 11.5 Å². The van der Waals surface area contributed by atoms with E-state index in [2.05, 4.69) is 20.6 Å². The van der Waals surface area contributed by atoms with Gasteiger partial charge in [-0.2, -0.15) is 0 Å². The predicted octanol–water partition coefficient (Wildman–Crippen LogP) is 4.83. The lowest BCUT2D eigenvalue weighted by Crippen LogP contribution is -2.28. The van der Waals surface area contributed by atoms with E-state index >= 15 is 0 Å². The van der Waals surface area contributed by atoms with Crippen LogP contribution in [0.3, 0.4) is 0 Å². The van der Waals surface area contributed by atoms with Crippen molar-refractivity contribution in [2.75, 3.05) is 5.32 Å². The van der Waals surface area contributed by atoms with Crippen LogP contribution in [0.25, 0.3) is 22.6 Å². The largest absolute Gasteiger partial charge is 0.436 e. The number of rotatable bonds is 4. The number of oxazole rings is 1. The number of fused-ring (bicyclic) bond motifs is 1. The molecule has 140 valence electrons. The van der Waals surface area contributed by atoms with Crippen molar-refractivity contribution in [2.45, 2.75) is 20.4 Å². The van der Waals surface area contributed by atoms with Gasteiger partial charge in [0.15, 0.2) is 5.58 Å². The summed E-state index contributed by atoms with van der Waals surface area (Å²) >= 11 is 0. The zero-order valence-corrected chi connectivity index (χ0v) is 15.7. The topological polar surface area (TPSA) is 80.0 Å². The zero-order valence-electron chi connectivity index (χ0n) is 15.7. The number of anilines is 1. The highest BCUT2D eigenvalue weighted by atomic mass is 16.3. The number of hydrogen-bond acceptors (Lipinski definition) is 4. The fraction of sp³-hybridized carbons (Fsp3) is 0.136. The van der Waals surface area contributed by atoms with Crippen LogP contribution in [0.4, 0.5) is 10.5 Å². The maximum absolute atomic E-state index is 12.2. The first kappa shape index (κ1) is 17.7. The van der Waals surface area contributed by atoms with Crippen molar-refractivity contribution in [3.05, 3.63) is 77.6 Å². The minimum atomic E-state index is -0.286. The summed E-state index contributed by atoms with van der Waals surface area (Å²) in [5.41, 5.74) is 6.23. The van der Waals surface area contributed by atoms with Gasteiger partial charge in [0.05, 0.1) is 0 Å². The SMILES string of the molecule is Cc1cccc(C)c1-c1nc2ccc(NC(=O)NCc3ccncc3)cc2o1. The number of nitrogens with zero attached hydrogens (tertiary/aromatic N) is 2. The smallest absolute Gasteiger partial charge is 0.319 e. The van der Waals surface area contributed by atoms with E-state index in [1.165, 1.54) is 0 Å². The normalized spacial score (nSPS) is 10.8. The Balaban J connectivity index is 1.51. The molecule has 6 heteroatoms. The summed E-state index contributed by atoms with van der Waals surface area (Å²) in [6.45, 7) is 4.50. The first-order valence-electron chi connectivity index (χ1n) is 9.01. The van der Waals surface area contributed by atoms with E-state index in [0.29, 0.717) is 23.7 Å². The molecule has 28 heavy (non-hydrogen) atoms. The van der Waals surface area contributed by atoms with Crippen molar-refractivity contribution in [1.82, 2.24) is 15.3 Å². The van der Waals surface area contributed by atoms with E-state index in [1.54, 1.807) is 18.5 Å². The maximum Gasteiger partial charge on any atom is 0.319 e. The zero-order chi connectivity index (χ0) is 19.5. The van der Waals surface area contributed by atoms with Gasteiger partial charge in [-0.25, -0.2) is 9.78 Å². The molecule has 0 aliphatic heterocycles. The average Bonchev–Trinajstić information content (AvgIpc) is 3.10. The molecule has 4 rings (SSSR count). The van der Waals surface area contributed by atoms with E-state index in [4.69, 9.17) is 4.42 Å². The second kappa shape index (κ2) is 7.52. The second-order valence-electron chi connectivity index (χ2n) is 6.63. The van der Waals surface area contributed by atoms with Crippen LogP contribution in [0.2, 0.25) is 0 Å². The molecule has 2 aromatic heterocycles. The first-order chi connectivity index (χ1) is 13.6. The summed E-state index contributed by atoms with van der Waals surface area (Å²) in [5, 5.41) is 5.64. The van der Waals surface area contributed by atoms with E-state index in [0.717, 1.165) is 27.8 Å². The summed E-state index contributed by atoms with van der Waals surface area (Å²) in [6.07, 6.45) is 3.39. The first-order valence-corrected chi connectivity index (χ1v) is 9.01. The highest BCUT2D eigenvalue weighted by molar-refractivity contribution is 5.91. The number of aryl methyl sites for hydroxylation is 2. The van der Waals surface area contributed by atoms with Crippen LogP contribution in [0.15, 0.2) is 65.3 Å². The van der Waals surface area contributed by atoms with Crippen LogP contribution >= 0.6 is 0 Å². The van der Waals surface area contributed by atoms with Gasteiger partial charge in [-0.05, 0) is 54.8 Å². The molecule has 0 saturated heterocycles. The quantitative estimate of drug-likeness (QED) is 0.538. The molecule has 2 heterocycles. The minimum Gasteiger partial charge on any atom is -0.436 e. The van der Waals surface area contributed by atoms with Gasteiger partial charge in [-0.15, -0.1) is 0 Å². The molecule has 0 fully saturated rings. The maximum atomic E-state index is 12.2. The number of amides is 2. The molecule has 0 spiro atoms. The van der Waals surface area contributed by atoms with Crippen molar-refractivity contribution < 1.29 is 9.21 Å². The summed E-state index contributed by atoms with van der Waals surface area (Å²) in [4.78, 5) is 20.7. The molecule has 0 unspecified atom stereocenters. The van der Waals surface area contributed by atoms with E-state index < -0.39 is 0 Å². The van der Waals surface area contributed by atoms with Gasteiger partial charge in [-0.3, -0.25) is 4.98 Å². The lowest BCUT2D eigenvalue weighted by molar-refractivity contribution is 0.251. The number of pyridine rings is 1. The molecule has 2 aromatic carbocycles. The van der Waals surface area contributed by atoms with Gasteiger partial charge in [0, 0.05) is 36.3 Å². The predicted molar refractivity (Wildman–Crippen MR) is 109 cm³/mol. The number of carbonyl (C=O) groups is 1. The van der Waals surface area contributed by atoms with Crippen molar-refractivity contribution in [1.29, 1.82) is 0 Å². The van der Waals surface area contributed by atoms with E-state index in [-0.39, 0.29) is 6.03 Å². The van der Waals surface area contributed by atoms with E-state index in [9.17, 15) is 4.79 Å². The Hall–Kier alpha value is -3.67. The molecule has 2 N–H and O–H groups in total. The number of carbonyl (C=O) groups excluding carboxylic acids is 1. The Bertz CT molecular complexity index is 1120. The molecule has 6 nitrogen and oxygen atoms in total. The van der Waals surface area contributed by atoms with Crippen LogP contribution in [-0.2, 0) is 6.54 Å². The number of urea groups is 1. The summed E-state index contributed by atoms with van der Waals surface area (Å²) in [6, 6.07) is 15.0. The van der Waals surface area contributed by atoms with Gasteiger partial charge in [0.25, 0.3) is 0 Å². The molecule has 2 amide bonds. The third kappa shape index (κ3) is 3.71. The number of nitrogens with one attached hydrogen (secondary N) is 2. The number of aromatic nitrogens is 2. The standard InChI is InChI=1S/C22H20N4O2/c1-14-4-3-5-15(2)20(14)21-26-18-7-6-17(12-19(18)28-21)25-22(27)24-13-16-8-10-23-11-9-16/h3-12H,13H2,1-2H3,(H2,24,25,27). The second-order valence-corrected chi connectivity index (χ2v) is 6.63. The van der Waals surface area contributed by atoms with Gasteiger partial charge in [-0.1, -0.05) is 18.2 Å². The molecule has 0 radical (unpaired) electrons. The van der Waals surface area contributed by atoms with E-state index in [1.807, 2.05) is 56.3 Å². The Labute approximate surface area is 162 Å². The fourth-order valence-electron chi connectivity index (χ4n) is 3.12. The van der Waals surface area contributed by atoms with Crippen LogP contribution in [0.1, 0.15) is 16.7 Å². The molecule has 0 bridgehead atoms. The molecular weight excluding hydrogens is 352 g/mol. The average molecular weight is 372 g/mol. The van der Waals surface area contributed by atoms with Gasteiger partial charge in [0.1, 0.15) is 5.52 Å². The van der Waals surface area contributed by atoms with Crippen LogP contribution in [0, 0.1) is 13.8 Å². The Kier molecular flexibility index (Phi) is 4.76. The Morgan fingerprint density at radius 2 is 1.79 bits per heavy atom.